The van der Waals surface area contributed by atoms with E-state index in [2.05, 4.69) is 5.10 Å². The lowest BCUT2D eigenvalue weighted by molar-refractivity contribution is -0.156. The van der Waals surface area contributed by atoms with E-state index >= 15 is 0 Å². The smallest absolute Gasteiger partial charge is 0.329 e. The summed E-state index contributed by atoms with van der Waals surface area (Å²) in [7, 11) is 0. The fraction of sp³-hybridized carbons (Fsp3) is 0.500. The Morgan fingerprint density at radius 2 is 1.93 bits per heavy atom. The fourth-order valence-corrected chi connectivity index (χ4v) is 3.67. The zero-order valence-corrected chi connectivity index (χ0v) is 17.1. The molecule has 150 valence electrons. The Hall–Kier alpha value is -2.63. The minimum absolute atomic E-state index is 0.0808. The summed E-state index contributed by atoms with van der Waals surface area (Å²) in [6.07, 6.45) is 2.28. The molecule has 3 rings (SSSR count). The molecule has 2 atom stereocenters. The second kappa shape index (κ2) is 8.59. The lowest BCUT2D eigenvalue weighted by atomic mass is 10.0. The van der Waals surface area contributed by atoms with E-state index in [1.165, 1.54) is 0 Å². The molecule has 1 heterocycles. The van der Waals surface area contributed by atoms with E-state index in [0.29, 0.717) is 13.0 Å². The van der Waals surface area contributed by atoms with Gasteiger partial charge in [-0.2, -0.15) is 5.10 Å². The minimum Gasteiger partial charge on any atom is -0.464 e. The maximum Gasteiger partial charge on any atom is 0.329 e. The number of esters is 1. The van der Waals surface area contributed by atoms with Gasteiger partial charge in [0.25, 0.3) is 0 Å². The molecule has 1 amide bonds. The van der Waals surface area contributed by atoms with Gasteiger partial charge in [-0.3, -0.25) is 9.48 Å². The third kappa shape index (κ3) is 4.43. The normalized spacial score (nSPS) is 15.7. The SMILES string of the molecule is CCOC(=O)C(Cc1ccccc1)N(C(=O)C(C)n1nc(C)cc1C)C1CC1. The van der Waals surface area contributed by atoms with Crippen molar-refractivity contribution in [3.05, 3.63) is 53.3 Å². The summed E-state index contributed by atoms with van der Waals surface area (Å²) in [4.78, 5) is 28.1. The predicted molar refractivity (Wildman–Crippen MR) is 107 cm³/mol. The van der Waals surface area contributed by atoms with E-state index in [-0.39, 0.29) is 17.9 Å². The number of hydrogen-bond acceptors (Lipinski definition) is 4. The van der Waals surface area contributed by atoms with Crippen LogP contribution in [0.4, 0.5) is 0 Å². The third-order valence-corrected chi connectivity index (χ3v) is 5.13. The van der Waals surface area contributed by atoms with Crippen LogP contribution in [0.15, 0.2) is 36.4 Å². The predicted octanol–water partition coefficient (Wildman–Crippen LogP) is 3.23. The average molecular weight is 383 g/mol. The summed E-state index contributed by atoms with van der Waals surface area (Å²) in [5, 5.41) is 4.47. The van der Waals surface area contributed by atoms with Crippen molar-refractivity contribution in [2.45, 2.75) is 65.1 Å². The number of aryl methyl sites for hydroxylation is 2. The molecule has 0 spiro atoms. The molecular weight excluding hydrogens is 354 g/mol. The molecule has 1 aliphatic carbocycles. The maximum absolute atomic E-state index is 13.5. The van der Waals surface area contributed by atoms with Crippen LogP contribution in [-0.4, -0.2) is 45.2 Å². The van der Waals surface area contributed by atoms with Crippen LogP contribution in [-0.2, 0) is 20.7 Å². The summed E-state index contributed by atoms with van der Waals surface area (Å²) in [6.45, 7) is 7.79. The molecule has 6 nitrogen and oxygen atoms in total. The van der Waals surface area contributed by atoms with E-state index in [1.54, 1.807) is 16.5 Å². The molecule has 0 radical (unpaired) electrons. The number of carbonyl (C=O) groups excluding carboxylic acids is 2. The Bertz CT molecular complexity index is 827. The fourth-order valence-electron chi connectivity index (χ4n) is 3.67. The van der Waals surface area contributed by atoms with Crippen molar-refractivity contribution in [1.29, 1.82) is 0 Å². The van der Waals surface area contributed by atoms with E-state index in [4.69, 9.17) is 4.74 Å². The highest BCUT2D eigenvalue weighted by atomic mass is 16.5. The molecule has 0 N–H and O–H groups in total. The first-order valence-electron chi connectivity index (χ1n) is 9.97. The van der Waals surface area contributed by atoms with Gasteiger partial charge >= 0.3 is 5.97 Å². The zero-order valence-electron chi connectivity index (χ0n) is 17.1. The van der Waals surface area contributed by atoms with Crippen molar-refractivity contribution in [1.82, 2.24) is 14.7 Å². The first kappa shape index (κ1) is 20.1. The highest BCUT2D eigenvalue weighted by Crippen LogP contribution is 2.32. The average Bonchev–Trinajstić information content (AvgIpc) is 3.45. The monoisotopic (exact) mass is 383 g/mol. The van der Waals surface area contributed by atoms with E-state index in [9.17, 15) is 9.59 Å². The molecule has 1 aromatic heterocycles. The first-order chi connectivity index (χ1) is 13.4. The molecule has 0 aliphatic heterocycles. The van der Waals surface area contributed by atoms with E-state index < -0.39 is 12.1 Å². The largest absolute Gasteiger partial charge is 0.464 e. The summed E-state index contributed by atoms with van der Waals surface area (Å²) in [6, 6.07) is 10.7. The van der Waals surface area contributed by atoms with Crippen LogP contribution in [0.1, 0.15) is 49.7 Å². The van der Waals surface area contributed by atoms with Crippen LogP contribution in [0.2, 0.25) is 0 Å². The molecule has 1 fully saturated rings. The number of hydrogen-bond donors (Lipinski definition) is 0. The molecule has 0 bridgehead atoms. The summed E-state index contributed by atoms with van der Waals surface area (Å²) in [5.74, 6) is -0.421. The Labute approximate surface area is 166 Å². The molecule has 2 aromatic rings. The van der Waals surface area contributed by atoms with Gasteiger partial charge in [0.15, 0.2) is 0 Å². The van der Waals surface area contributed by atoms with Crippen LogP contribution in [0.3, 0.4) is 0 Å². The van der Waals surface area contributed by atoms with Crippen LogP contribution >= 0.6 is 0 Å². The zero-order chi connectivity index (χ0) is 20.3. The van der Waals surface area contributed by atoms with Crippen molar-refractivity contribution in [3.8, 4) is 0 Å². The van der Waals surface area contributed by atoms with Crippen LogP contribution in [0.25, 0.3) is 0 Å². The number of carbonyl (C=O) groups is 2. The molecule has 0 saturated heterocycles. The summed E-state index contributed by atoms with van der Waals surface area (Å²) in [5.41, 5.74) is 2.82. The molecule has 1 aromatic carbocycles. The standard InChI is InChI=1S/C22H29N3O3/c1-5-28-22(27)20(14-18-9-7-6-8-10-18)24(19-11-12-19)21(26)17(4)25-16(3)13-15(2)23-25/h6-10,13,17,19-20H,5,11-12,14H2,1-4H3. The van der Waals surface area contributed by atoms with Crippen molar-refractivity contribution in [2.75, 3.05) is 6.61 Å². The van der Waals surface area contributed by atoms with Gasteiger partial charge < -0.3 is 9.64 Å². The van der Waals surface area contributed by atoms with Gasteiger partial charge in [0.1, 0.15) is 12.1 Å². The van der Waals surface area contributed by atoms with Gasteiger partial charge in [-0.05, 0) is 52.2 Å². The maximum atomic E-state index is 13.5. The number of nitrogens with zero attached hydrogens (tertiary/aromatic N) is 3. The van der Waals surface area contributed by atoms with Gasteiger partial charge in [-0.25, -0.2) is 4.79 Å². The Morgan fingerprint density at radius 1 is 1.25 bits per heavy atom. The molecule has 2 unspecified atom stereocenters. The van der Waals surface area contributed by atoms with Crippen molar-refractivity contribution >= 4 is 11.9 Å². The molecule has 1 saturated carbocycles. The highest BCUT2D eigenvalue weighted by molar-refractivity contribution is 5.87. The number of ether oxygens (including phenoxy) is 1. The Morgan fingerprint density at radius 3 is 2.46 bits per heavy atom. The molecular formula is C22H29N3O3. The number of benzene rings is 1. The van der Waals surface area contributed by atoms with Gasteiger partial charge in [0.05, 0.1) is 12.3 Å². The lowest BCUT2D eigenvalue weighted by Gasteiger charge is -2.33. The minimum atomic E-state index is -0.623. The first-order valence-corrected chi connectivity index (χ1v) is 9.97. The van der Waals surface area contributed by atoms with Gasteiger partial charge in [-0.15, -0.1) is 0 Å². The molecule has 6 heteroatoms. The van der Waals surface area contributed by atoms with Crippen molar-refractivity contribution < 1.29 is 14.3 Å². The van der Waals surface area contributed by atoms with Crippen LogP contribution in [0, 0.1) is 13.8 Å². The van der Waals surface area contributed by atoms with Crippen molar-refractivity contribution in [3.63, 3.8) is 0 Å². The van der Waals surface area contributed by atoms with E-state index in [1.807, 2.05) is 57.2 Å². The van der Waals surface area contributed by atoms with Gasteiger partial charge in [-0.1, -0.05) is 30.3 Å². The second-order valence-corrected chi connectivity index (χ2v) is 7.48. The number of aromatic nitrogens is 2. The van der Waals surface area contributed by atoms with Crippen LogP contribution in [0.5, 0.6) is 0 Å². The molecule has 28 heavy (non-hydrogen) atoms. The molecule has 1 aliphatic rings. The quantitative estimate of drug-likeness (QED) is 0.657. The van der Waals surface area contributed by atoms with Crippen molar-refractivity contribution in [2.24, 2.45) is 0 Å². The van der Waals surface area contributed by atoms with Gasteiger partial charge in [0, 0.05) is 18.2 Å². The summed E-state index contributed by atoms with van der Waals surface area (Å²) >= 11 is 0. The lowest BCUT2D eigenvalue weighted by Crippen LogP contribution is -2.50. The topological polar surface area (TPSA) is 64.4 Å². The third-order valence-electron chi connectivity index (χ3n) is 5.13. The second-order valence-electron chi connectivity index (χ2n) is 7.48. The Kier molecular flexibility index (Phi) is 6.17. The van der Waals surface area contributed by atoms with E-state index in [0.717, 1.165) is 29.8 Å². The van der Waals surface area contributed by atoms with Gasteiger partial charge in [0.2, 0.25) is 5.91 Å². The summed E-state index contributed by atoms with van der Waals surface area (Å²) < 4.78 is 7.09. The Balaban J connectivity index is 1.90. The van der Waals surface area contributed by atoms with Crippen LogP contribution < -0.4 is 0 Å². The number of rotatable bonds is 8. The number of amides is 1. The highest BCUT2D eigenvalue weighted by Gasteiger charge is 2.43.